The summed E-state index contributed by atoms with van der Waals surface area (Å²) in [5.74, 6) is 0.567. The summed E-state index contributed by atoms with van der Waals surface area (Å²) in [7, 11) is 2.15. The highest BCUT2D eigenvalue weighted by atomic mass is 32.1. The van der Waals surface area contributed by atoms with Crippen molar-refractivity contribution in [3.63, 3.8) is 0 Å². The molecule has 3 aromatic heterocycles. The van der Waals surface area contributed by atoms with Crippen LogP contribution in [0.1, 0.15) is 12.8 Å². The van der Waals surface area contributed by atoms with Gasteiger partial charge in [-0.1, -0.05) is 0 Å². The second kappa shape index (κ2) is 9.01. The smallest absolute Gasteiger partial charge is 0.262 e. The molecule has 0 atom stereocenters. The molecule has 0 unspecified atom stereocenters. The fourth-order valence-corrected chi connectivity index (χ4v) is 5.91. The number of rotatable bonds is 5. The van der Waals surface area contributed by atoms with Gasteiger partial charge < -0.3 is 30.0 Å². The standard InChI is InChI=1S/C25H29N7O2S/c1-30-9-11-32(12-10-30)17-2-3-19-20(14-17)28-23(27-19)21-22(18-6-13-35-25(18)29-24(21)34)26-16-4-7-31(15-33)8-5-16/h2-3,6,13-16H,4-5,7-12H2,1H3,(H,27,28)(H2,26,29,34). The first-order valence-electron chi connectivity index (χ1n) is 12.1. The number of fused-ring (bicyclic) bond motifs is 2. The summed E-state index contributed by atoms with van der Waals surface area (Å²) < 4.78 is 0. The van der Waals surface area contributed by atoms with E-state index in [1.54, 1.807) is 4.90 Å². The van der Waals surface area contributed by atoms with E-state index < -0.39 is 0 Å². The number of imidazole rings is 1. The molecule has 1 aromatic carbocycles. The van der Waals surface area contributed by atoms with Gasteiger partial charge in [-0.15, -0.1) is 11.3 Å². The fourth-order valence-electron chi connectivity index (χ4n) is 5.12. The van der Waals surface area contributed by atoms with E-state index >= 15 is 0 Å². The number of pyridine rings is 1. The molecular formula is C25H29N7O2S. The maximum absolute atomic E-state index is 13.3. The van der Waals surface area contributed by atoms with Crippen LogP contribution in [0.5, 0.6) is 0 Å². The van der Waals surface area contributed by atoms with E-state index in [0.29, 0.717) is 24.5 Å². The number of aromatic amines is 2. The monoisotopic (exact) mass is 491 g/mol. The Morgan fingerprint density at radius 3 is 2.66 bits per heavy atom. The average Bonchev–Trinajstić information content (AvgIpc) is 3.51. The number of hydrogen-bond acceptors (Lipinski definition) is 7. The van der Waals surface area contributed by atoms with Crippen LogP contribution in [0, 0.1) is 0 Å². The van der Waals surface area contributed by atoms with Crippen LogP contribution in [-0.4, -0.2) is 83.5 Å². The lowest BCUT2D eigenvalue weighted by atomic mass is 10.0. The lowest BCUT2D eigenvalue weighted by Gasteiger charge is -2.34. The summed E-state index contributed by atoms with van der Waals surface area (Å²) in [4.78, 5) is 43.1. The summed E-state index contributed by atoms with van der Waals surface area (Å²) in [6.07, 6.45) is 2.59. The van der Waals surface area contributed by atoms with Gasteiger partial charge in [-0.25, -0.2) is 4.98 Å². The summed E-state index contributed by atoms with van der Waals surface area (Å²) in [5.41, 5.74) is 4.12. The Morgan fingerprint density at radius 2 is 1.89 bits per heavy atom. The Labute approximate surface area is 206 Å². The first-order valence-corrected chi connectivity index (χ1v) is 13.0. The van der Waals surface area contributed by atoms with Crippen molar-refractivity contribution in [2.75, 3.05) is 56.5 Å². The van der Waals surface area contributed by atoms with Crippen LogP contribution >= 0.6 is 11.3 Å². The van der Waals surface area contributed by atoms with E-state index in [1.165, 1.54) is 17.0 Å². The number of likely N-dealkylation sites (N-methyl/N-ethyl adjacent to an activating group) is 1. The number of benzene rings is 1. The second-order valence-corrected chi connectivity index (χ2v) is 10.4. The number of anilines is 2. The topological polar surface area (TPSA) is 100 Å². The normalized spacial score (nSPS) is 18.0. The third-order valence-corrected chi connectivity index (χ3v) is 8.07. The zero-order chi connectivity index (χ0) is 23.9. The molecule has 35 heavy (non-hydrogen) atoms. The van der Waals surface area contributed by atoms with Gasteiger partial charge in [-0.3, -0.25) is 9.59 Å². The van der Waals surface area contributed by atoms with Crippen LogP contribution < -0.4 is 15.8 Å². The number of nitrogens with zero attached hydrogens (tertiary/aromatic N) is 4. The SMILES string of the molecule is CN1CCN(c2ccc3nc(-c4c(NC5CCN(C=O)CC5)c5ccsc5[nH]c4=O)[nH]c3c2)CC1. The molecule has 0 aliphatic carbocycles. The Morgan fingerprint density at radius 1 is 1.09 bits per heavy atom. The first-order chi connectivity index (χ1) is 17.1. The zero-order valence-corrected chi connectivity index (χ0v) is 20.5. The van der Waals surface area contributed by atoms with Crippen LogP contribution in [0.2, 0.25) is 0 Å². The molecule has 182 valence electrons. The number of carbonyl (C=O) groups excluding carboxylic acids is 1. The zero-order valence-electron chi connectivity index (χ0n) is 19.7. The number of piperidine rings is 1. The summed E-state index contributed by atoms with van der Waals surface area (Å²) in [6, 6.07) is 8.50. The van der Waals surface area contributed by atoms with Crippen LogP contribution in [0.25, 0.3) is 32.6 Å². The molecule has 5 heterocycles. The molecule has 2 fully saturated rings. The van der Waals surface area contributed by atoms with Crippen molar-refractivity contribution in [1.29, 1.82) is 0 Å². The van der Waals surface area contributed by atoms with Gasteiger partial charge in [0.15, 0.2) is 0 Å². The van der Waals surface area contributed by atoms with E-state index in [-0.39, 0.29) is 11.6 Å². The van der Waals surface area contributed by atoms with Crippen molar-refractivity contribution >= 4 is 50.4 Å². The van der Waals surface area contributed by atoms with E-state index in [0.717, 1.165) is 72.4 Å². The van der Waals surface area contributed by atoms with Crippen molar-refractivity contribution < 1.29 is 4.79 Å². The lowest BCUT2D eigenvalue weighted by molar-refractivity contribution is -0.118. The molecule has 0 spiro atoms. The van der Waals surface area contributed by atoms with Crippen molar-refractivity contribution in [1.82, 2.24) is 24.8 Å². The molecule has 10 heteroatoms. The largest absolute Gasteiger partial charge is 0.381 e. The third kappa shape index (κ3) is 4.17. The number of H-pyrrole nitrogens is 2. The Hall–Kier alpha value is -3.37. The molecule has 2 saturated heterocycles. The average molecular weight is 492 g/mol. The Balaban J connectivity index is 1.38. The number of piperazine rings is 1. The van der Waals surface area contributed by atoms with Crippen molar-refractivity contribution in [2.24, 2.45) is 0 Å². The molecule has 6 rings (SSSR count). The van der Waals surface area contributed by atoms with Crippen LogP contribution in [0.3, 0.4) is 0 Å². The molecule has 1 amide bonds. The number of likely N-dealkylation sites (tertiary alicyclic amines) is 1. The fraction of sp³-hybridized carbons (Fsp3) is 0.400. The van der Waals surface area contributed by atoms with E-state index in [1.807, 2.05) is 17.5 Å². The van der Waals surface area contributed by atoms with Crippen molar-refractivity contribution in [2.45, 2.75) is 18.9 Å². The van der Waals surface area contributed by atoms with E-state index in [9.17, 15) is 9.59 Å². The molecule has 0 saturated carbocycles. The maximum Gasteiger partial charge on any atom is 0.262 e. The highest BCUT2D eigenvalue weighted by molar-refractivity contribution is 7.16. The molecule has 4 aromatic rings. The molecule has 0 radical (unpaired) electrons. The predicted octanol–water partition coefficient (Wildman–Crippen LogP) is 2.92. The van der Waals surface area contributed by atoms with Crippen molar-refractivity contribution in [3.8, 4) is 11.4 Å². The van der Waals surface area contributed by atoms with Gasteiger partial charge in [-0.05, 0) is 49.5 Å². The lowest BCUT2D eigenvalue weighted by Crippen LogP contribution is -2.44. The second-order valence-electron chi connectivity index (χ2n) is 9.50. The van der Waals surface area contributed by atoms with Gasteiger partial charge >= 0.3 is 0 Å². The van der Waals surface area contributed by atoms with Crippen LogP contribution in [0.4, 0.5) is 11.4 Å². The van der Waals surface area contributed by atoms with Gasteiger partial charge in [-0.2, -0.15) is 0 Å². The van der Waals surface area contributed by atoms with Crippen molar-refractivity contribution in [3.05, 3.63) is 40.0 Å². The van der Waals surface area contributed by atoms with Crippen LogP contribution in [-0.2, 0) is 4.79 Å². The predicted molar refractivity (Wildman–Crippen MR) is 142 cm³/mol. The Bertz CT molecular complexity index is 1420. The highest BCUT2D eigenvalue weighted by Gasteiger charge is 2.24. The first kappa shape index (κ1) is 22.1. The number of amides is 1. The van der Waals surface area contributed by atoms with Gasteiger partial charge in [0.25, 0.3) is 5.56 Å². The summed E-state index contributed by atoms with van der Waals surface area (Å²) in [5, 5.41) is 6.62. The molecule has 3 N–H and O–H groups in total. The van der Waals surface area contributed by atoms with Gasteiger partial charge in [0.2, 0.25) is 6.41 Å². The number of hydrogen-bond donors (Lipinski definition) is 3. The number of thiophene rings is 1. The minimum atomic E-state index is -0.161. The number of carbonyl (C=O) groups is 1. The van der Waals surface area contributed by atoms with Gasteiger partial charge in [0, 0.05) is 56.4 Å². The minimum Gasteiger partial charge on any atom is -0.381 e. The third-order valence-electron chi connectivity index (χ3n) is 7.24. The minimum absolute atomic E-state index is 0.161. The molecule has 2 aliphatic rings. The summed E-state index contributed by atoms with van der Waals surface area (Å²) >= 11 is 1.52. The van der Waals surface area contributed by atoms with E-state index in [2.05, 4.69) is 44.3 Å². The molecule has 2 aliphatic heterocycles. The molecule has 9 nitrogen and oxygen atoms in total. The number of nitrogens with one attached hydrogen (secondary N) is 3. The highest BCUT2D eigenvalue weighted by Crippen LogP contribution is 2.35. The van der Waals surface area contributed by atoms with Gasteiger partial charge in [0.05, 0.1) is 16.7 Å². The quantitative estimate of drug-likeness (QED) is 0.371. The summed E-state index contributed by atoms with van der Waals surface area (Å²) in [6.45, 7) is 5.51. The Kier molecular flexibility index (Phi) is 5.69. The van der Waals surface area contributed by atoms with E-state index in [4.69, 9.17) is 4.98 Å². The maximum atomic E-state index is 13.3. The molecular weight excluding hydrogens is 462 g/mol. The number of aromatic nitrogens is 3. The van der Waals surface area contributed by atoms with Gasteiger partial charge in [0.1, 0.15) is 16.2 Å². The van der Waals surface area contributed by atoms with Crippen LogP contribution in [0.15, 0.2) is 34.4 Å². The molecule has 0 bridgehead atoms.